The van der Waals surface area contributed by atoms with Crippen LogP contribution in [0.15, 0.2) is 0 Å². The molecule has 0 aliphatic carbocycles. The first-order valence-electron chi connectivity index (χ1n) is 5.73. The molecule has 0 saturated carbocycles. The lowest BCUT2D eigenvalue weighted by Crippen LogP contribution is -2.45. The monoisotopic (exact) mass is 238 g/mol. The predicted octanol–water partition coefficient (Wildman–Crippen LogP) is -0.0362. The van der Waals surface area contributed by atoms with E-state index in [0.29, 0.717) is 13.2 Å². The average Bonchev–Trinajstić information content (AvgIpc) is 2.57. The molecule has 6 nitrogen and oxygen atoms in total. The van der Waals surface area contributed by atoms with Crippen LogP contribution < -0.4 is 10.6 Å². The summed E-state index contributed by atoms with van der Waals surface area (Å²) in [6.45, 7) is 5.74. The lowest BCUT2D eigenvalue weighted by molar-refractivity contribution is -0.128. The van der Waals surface area contributed by atoms with Crippen molar-refractivity contribution in [1.29, 1.82) is 0 Å². The zero-order chi connectivity index (χ0) is 12.4. The molecule has 1 aliphatic heterocycles. The number of nitrogens with zero attached hydrogens (tertiary/aromatic N) is 2. The topological polar surface area (TPSA) is 68.2 Å². The van der Waals surface area contributed by atoms with E-state index in [1.165, 1.54) is 0 Å². The highest BCUT2D eigenvalue weighted by Crippen LogP contribution is 2.18. The molecule has 0 aromatic carbocycles. The van der Waals surface area contributed by atoms with Gasteiger partial charge in [0.1, 0.15) is 6.10 Å². The second-order valence-electron chi connectivity index (χ2n) is 4.22. The number of anilines is 1. The third-order valence-corrected chi connectivity index (χ3v) is 2.98. The van der Waals surface area contributed by atoms with Crippen LogP contribution in [0.25, 0.3) is 0 Å². The number of hydrogen-bond donors (Lipinski definition) is 2. The van der Waals surface area contributed by atoms with Crippen LogP contribution in [0, 0.1) is 13.8 Å². The number of aryl methyl sites for hydroxylation is 2. The third-order valence-electron chi connectivity index (χ3n) is 2.98. The van der Waals surface area contributed by atoms with Crippen molar-refractivity contribution in [3.05, 3.63) is 11.4 Å². The van der Waals surface area contributed by atoms with Gasteiger partial charge < -0.3 is 15.4 Å². The van der Waals surface area contributed by atoms with Crippen LogP contribution in [0.1, 0.15) is 11.4 Å². The first-order chi connectivity index (χ1) is 8.09. The van der Waals surface area contributed by atoms with E-state index in [0.717, 1.165) is 23.6 Å². The van der Waals surface area contributed by atoms with Gasteiger partial charge in [0.05, 0.1) is 23.7 Å². The van der Waals surface area contributed by atoms with Gasteiger partial charge in [0, 0.05) is 20.1 Å². The quantitative estimate of drug-likeness (QED) is 0.759. The van der Waals surface area contributed by atoms with Crippen molar-refractivity contribution < 1.29 is 9.53 Å². The smallest absolute Gasteiger partial charge is 0.254 e. The highest BCUT2D eigenvalue weighted by atomic mass is 16.5. The van der Waals surface area contributed by atoms with Gasteiger partial charge in [-0.1, -0.05) is 0 Å². The summed E-state index contributed by atoms with van der Waals surface area (Å²) in [7, 11) is 1.86. The number of carbonyl (C=O) groups is 1. The zero-order valence-corrected chi connectivity index (χ0v) is 10.4. The van der Waals surface area contributed by atoms with Crippen molar-refractivity contribution in [1.82, 2.24) is 15.1 Å². The van der Waals surface area contributed by atoms with E-state index in [9.17, 15) is 4.79 Å². The highest BCUT2D eigenvalue weighted by molar-refractivity contribution is 5.95. The Bertz CT molecular complexity index is 421. The summed E-state index contributed by atoms with van der Waals surface area (Å²) in [5, 5.41) is 10.3. The minimum absolute atomic E-state index is 0.114. The van der Waals surface area contributed by atoms with E-state index in [2.05, 4.69) is 15.7 Å². The van der Waals surface area contributed by atoms with Crippen LogP contribution in [-0.2, 0) is 16.6 Å². The number of hydrogen-bond acceptors (Lipinski definition) is 4. The molecule has 0 radical (unpaired) electrons. The molecule has 1 amide bonds. The van der Waals surface area contributed by atoms with Crippen molar-refractivity contribution >= 4 is 11.6 Å². The Hall–Kier alpha value is -1.40. The molecule has 1 unspecified atom stereocenters. The van der Waals surface area contributed by atoms with Gasteiger partial charge in [0.25, 0.3) is 5.91 Å². The summed E-state index contributed by atoms with van der Waals surface area (Å²) in [5.74, 6) is -0.114. The van der Waals surface area contributed by atoms with Crippen molar-refractivity contribution in [3.8, 4) is 0 Å². The molecule has 1 aliphatic rings. The molecule has 1 saturated heterocycles. The molecule has 6 heteroatoms. The fourth-order valence-corrected chi connectivity index (χ4v) is 1.89. The van der Waals surface area contributed by atoms with Crippen LogP contribution in [0.3, 0.4) is 0 Å². The van der Waals surface area contributed by atoms with Crippen molar-refractivity contribution in [2.75, 3.05) is 25.0 Å². The Morgan fingerprint density at radius 3 is 2.88 bits per heavy atom. The molecule has 2 heterocycles. The molecule has 2 N–H and O–H groups in total. The first-order valence-corrected chi connectivity index (χ1v) is 5.73. The SMILES string of the molecule is Cc1nn(C)c(C)c1NC(=O)C1CNCCO1. The lowest BCUT2D eigenvalue weighted by Gasteiger charge is -2.22. The molecule has 0 bridgehead atoms. The summed E-state index contributed by atoms with van der Waals surface area (Å²) in [6.07, 6.45) is -0.414. The number of ether oxygens (including phenoxy) is 1. The van der Waals surface area contributed by atoms with Gasteiger partial charge in [-0.15, -0.1) is 0 Å². The highest BCUT2D eigenvalue weighted by Gasteiger charge is 2.23. The second-order valence-corrected chi connectivity index (χ2v) is 4.22. The molecule has 17 heavy (non-hydrogen) atoms. The normalized spacial score (nSPS) is 20.3. The number of rotatable bonds is 2. The van der Waals surface area contributed by atoms with E-state index in [4.69, 9.17) is 4.74 Å². The minimum Gasteiger partial charge on any atom is -0.366 e. The Kier molecular flexibility index (Phi) is 3.44. The summed E-state index contributed by atoms with van der Waals surface area (Å²) < 4.78 is 7.15. The van der Waals surface area contributed by atoms with Crippen LogP contribution in [0.4, 0.5) is 5.69 Å². The molecule has 1 fully saturated rings. The van der Waals surface area contributed by atoms with E-state index < -0.39 is 6.10 Å². The Balaban J connectivity index is 2.07. The zero-order valence-electron chi connectivity index (χ0n) is 10.4. The molecule has 94 valence electrons. The second kappa shape index (κ2) is 4.85. The molecule has 1 aromatic rings. The van der Waals surface area contributed by atoms with Gasteiger partial charge in [-0.05, 0) is 13.8 Å². The van der Waals surface area contributed by atoms with Gasteiger partial charge in [0.15, 0.2) is 0 Å². The fourth-order valence-electron chi connectivity index (χ4n) is 1.89. The predicted molar refractivity (Wildman–Crippen MR) is 63.9 cm³/mol. The van der Waals surface area contributed by atoms with Crippen LogP contribution in [0.2, 0.25) is 0 Å². The van der Waals surface area contributed by atoms with E-state index in [-0.39, 0.29) is 5.91 Å². The average molecular weight is 238 g/mol. The number of aromatic nitrogens is 2. The maximum absolute atomic E-state index is 12.0. The van der Waals surface area contributed by atoms with Gasteiger partial charge >= 0.3 is 0 Å². The number of nitrogens with one attached hydrogen (secondary N) is 2. The van der Waals surface area contributed by atoms with Crippen LogP contribution in [-0.4, -0.2) is 41.5 Å². The number of morpholine rings is 1. The Labute approximate surface area is 100 Å². The lowest BCUT2D eigenvalue weighted by atomic mass is 10.2. The maximum Gasteiger partial charge on any atom is 0.254 e. The van der Waals surface area contributed by atoms with E-state index >= 15 is 0 Å². The van der Waals surface area contributed by atoms with Crippen molar-refractivity contribution in [2.45, 2.75) is 20.0 Å². The standard InChI is InChI=1S/C11H18N4O2/c1-7-10(8(2)15(3)14-7)13-11(16)9-6-12-4-5-17-9/h9,12H,4-6H2,1-3H3,(H,13,16). The maximum atomic E-state index is 12.0. The fraction of sp³-hybridized carbons (Fsp3) is 0.636. The Morgan fingerprint density at radius 1 is 1.59 bits per heavy atom. The Morgan fingerprint density at radius 2 is 2.35 bits per heavy atom. The largest absolute Gasteiger partial charge is 0.366 e. The van der Waals surface area contributed by atoms with E-state index in [1.807, 2.05) is 20.9 Å². The van der Waals surface area contributed by atoms with Crippen molar-refractivity contribution in [3.63, 3.8) is 0 Å². The molecular weight excluding hydrogens is 220 g/mol. The number of amides is 1. The molecule has 1 aromatic heterocycles. The summed E-state index contributed by atoms with van der Waals surface area (Å²) >= 11 is 0. The summed E-state index contributed by atoms with van der Waals surface area (Å²) in [6, 6.07) is 0. The molecule has 2 rings (SSSR count). The van der Waals surface area contributed by atoms with Crippen LogP contribution >= 0.6 is 0 Å². The van der Waals surface area contributed by atoms with Crippen LogP contribution in [0.5, 0.6) is 0 Å². The molecule has 1 atom stereocenters. The van der Waals surface area contributed by atoms with E-state index in [1.54, 1.807) is 4.68 Å². The summed E-state index contributed by atoms with van der Waals surface area (Å²) in [4.78, 5) is 12.0. The van der Waals surface area contributed by atoms with Crippen molar-refractivity contribution in [2.24, 2.45) is 7.05 Å². The third kappa shape index (κ3) is 2.48. The molecule has 0 spiro atoms. The van der Waals surface area contributed by atoms with Gasteiger partial charge in [-0.2, -0.15) is 5.10 Å². The minimum atomic E-state index is -0.414. The van der Waals surface area contributed by atoms with Gasteiger partial charge in [-0.25, -0.2) is 0 Å². The molecular formula is C11H18N4O2. The van der Waals surface area contributed by atoms with Gasteiger partial charge in [0.2, 0.25) is 0 Å². The first kappa shape index (κ1) is 12.1. The summed E-state index contributed by atoms with van der Waals surface area (Å²) in [5.41, 5.74) is 2.55. The number of carbonyl (C=O) groups excluding carboxylic acids is 1. The van der Waals surface area contributed by atoms with Gasteiger partial charge in [-0.3, -0.25) is 9.48 Å².